The van der Waals surface area contributed by atoms with E-state index in [2.05, 4.69) is 15.2 Å². The molecule has 0 aliphatic heterocycles. The summed E-state index contributed by atoms with van der Waals surface area (Å²) in [5.74, 6) is -0.634. The second-order valence-corrected chi connectivity index (χ2v) is 6.72. The van der Waals surface area contributed by atoms with Crippen molar-refractivity contribution in [1.29, 1.82) is 0 Å². The van der Waals surface area contributed by atoms with Crippen LogP contribution in [0.1, 0.15) is 32.7 Å². The van der Waals surface area contributed by atoms with Gasteiger partial charge in [0.1, 0.15) is 11.3 Å². The van der Waals surface area contributed by atoms with Gasteiger partial charge in [0.05, 0.1) is 18.4 Å². The van der Waals surface area contributed by atoms with Gasteiger partial charge < -0.3 is 10.5 Å². The number of methoxy groups -OCH3 is 1. The van der Waals surface area contributed by atoms with E-state index in [0.29, 0.717) is 10.7 Å². The van der Waals surface area contributed by atoms with Crippen molar-refractivity contribution in [2.24, 2.45) is 10.7 Å². The molecule has 0 spiro atoms. The van der Waals surface area contributed by atoms with Crippen molar-refractivity contribution in [3.8, 4) is 5.75 Å². The number of halogens is 4. The zero-order chi connectivity index (χ0) is 21.9. The maximum absolute atomic E-state index is 13.0. The molecule has 6 nitrogen and oxygen atoms in total. The summed E-state index contributed by atoms with van der Waals surface area (Å²) < 4.78 is 44.1. The van der Waals surface area contributed by atoms with E-state index < -0.39 is 17.6 Å². The molecule has 0 unspecified atom stereocenters. The number of benzene rings is 2. The fourth-order valence-electron chi connectivity index (χ4n) is 2.84. The van der Waals surface area contributed by atoms with Crippen molar-refractivity contribution >= 4 is 29.5 Å². The monoisotopic (exact) mass is 436 g/mol. The molecule has 0 aliphatic rings. The Hall–Kier alpha value is -3.33. The summed E-state index contributed by atoms with van der Waals surface area (Å²) in [6, 6.07) is 10.0. The van der Waals surface area contributed by atoms with Gasteiger partial charge >= 0.3 is 6.18 Å². The van der Waals surface area contributed by atoms with Crippen LogP contribution in [0.4, 0.5) is 19.0 Å². The summed E-state index contributed by atoms with van der Waals surface area (Å²) >= 11 is 5.98. The number of H-pyrrole nitrogens is 1. The number of aromatic nitrogens is 2. The second kappa shape index (κ2) is 8.58. The molecular formula is C20H16ClF3N4O2. The van der Waals surface area contributed by atoms with Crippen LogP contribution in [0.3, 0.4) is 0 Å². The van der Waals surface area contributed by atoms with Crippen LogP contribution in [0.15, 0.2) is 47.5 Å². The molecule has 0 saturated carbocycles. The number of aromatic amines is 1. The van der Waals surface area contributed by atoms with E-state index in [1.54, 1.807) is 18.2 Å². The van der Waals surface area contributed by atoms with Gasteiger partial charge in [-0.05, 0) is 35.9 Å². The highest BCUT2D eigenvalue weighted by molar-refractivity contribution is 6.30. The summed E-state index contributed by atoms with van der Waals surface area (Å²) in [5.41, 5.74) is 5.95. The van der Waals surface area contributed by atoms with Crippen molar-refractivity contribution in [1.82, 2.24) is 10.2 Å². The van der Waals surface area contributed by atoms with E-state index in [4.69, 9.17) is 22.1 Å². The SMILES string of the molecule is COc1ccc(C(F)(F)F)cc1C=Nc1n[nH]c(Cc2cccc(Cl)c2)c1C(N)=O. The Labute approximate surface area is 174 Å². The lowest BCUT2D eigenvalue weighted by Crippen LogP contribution is -2.13. The van der Waals surface area contributed by atoms with Gasteiger partial charge in [-0.15, -0.1) is 0 Å². The number of alkyl halides is 3. The van der Waals surface area contributed by atoms with Crippen LogP contribution in [0.2, 0.25) is 5.02 Å². The molecule has 0 aliphatic carbocycles. The predicted molar refractivity (Wildman–Crippen MR) is 107 cm³/mol. The first-order chi connectivity index (χ1) is 14.2. The Morgan fingerprint density at radius 3 is 2.70 bits per heavy atom. The number of amides is 1. The normalized spacial score (nSPS) is 11.8. The third kappa shape index (κ3) is 4.80. The zero-order valence-corrected chi connectivity index (χ0v) is 16.4. The number of carbonyl (C=O) groups excluding carboxylic acids is 1. The summed E-state index contributed by atoms with van der Waals surface area (Å²) in [6.07, 6.45) is -3.10. The van der Waals surface area contributed by atoms with E-state index in [-0.39, 0.29) is 29.1 Å². The summed E-state index contributed by atoms with van der Waals surface area (Å²) in [7, 11) is 1.33. The molecule has 0 saturated heterocycles. The number of nitrogens with two attached hydrogens (primary N) is 1. The molecule has 3 rings (SSSR count). The topological polar surface area (TPSA) is 93.4 Å². The molecule has 156 valence electrons. The van der Waals surface area contributed by atoms with Gasteiger partial charge in [-0.1, -0.05) is 23.7 Å². The molecule has 0 bridgehead atoms. The number of hydrogen-bond acceptors (Lipinski definition) is 4. The van der Waals surface area contributed by atoms with Gasteiger partial charge in [0.25, 0.3) is 5.91 Å². The van der Waals surface area contributed by atoms with Crippen molar-refractivity contribution < 1.29 is 22.7 Å². The Morgan fingerprint density at radius 2 is 2.07 bits per heavy atom. The molecule has 3 aromatic rings. The molecular weight excluding hydrogens is 421 g/mol. The highest BCUT2D eigenvalue weighted by atomic mass is 35.5. The highest BCUT2D eigenvalue weighted by Gasteiger charge is 2.31. The number of nitrogens with zero attached hydrogens (tertiary/aromatic N) is 2. The molecule has 1 amide bonds. The van der Waals surface area contributed by atoms with E-state index >= 15 is 0 Å². The first-order valence-electron chi connectivity index (χ1n) is 8.60. The van der Waals surface area contributed by atoms with Crippen molar-refractivity contribution in [2.45, 2.75) is 12.6 Å². The average Bonchev–Trinajstić information content (AvgIpc) is 3.08. The van der Waals surface area contributed by atoms with Crippen LogP contribution in [-0.4, -0.2) is 29.4 Å². The smallest absolute Gasteiger partial charge is 0.416 e. The summed E-state index contributed by atoms with van der Waals surface area (Å²) in [4.78, 5) is 16.0. The number of aliphatic imine (C=N–C) groups is 1. The summed E-state index contributed by atoms with van der Waals surface area (Å²) in [6.45, 7) is 0. The minimum atomic E-state index is -4.52. The van der Waals surface area contributed by atoms with Crippen LogP contribution >= 0.6 is 11.6 Å². The number of primary amides is 1. The molecule has 0 fully saturated rings. The van der Waals surface area contributed by atoms with Gasteiger partial charge in [0.2, 0.25) is 0 Å². The minimum Gasteiger partial charge on any atom is -0.496 e. The fraction of sp³-hybridized carbons (Fsp3) is 0.150. The lowest BCUT2D eigenvalue weighted by atomic mass is 10.1. The van der Waals surface area contributed by atoms with Crippen LogP contribution in [-0.2, 0) is 12.6 Å². The fourth-order valence-corrected chi connectivity index (χ4v) is 3.05. The maximum atomic E-state index is 13.0. The predicted octanol–water partition coefficient (Wildman–Crippen LogP) is 4.53. The Morgan fingerprint density at radius 1 is 1.30 bits per heavy atom. The third-order valence-corrected chi connectivity index (χ3v) is 4.46. The quantitative estimate of drug-likeness (QED) is 0.556. The molecule has 10 heteroatoms. The number of ether oxygens (including phenoxy) is 1. The van der Waals surface area contributed by atoms with Crippen LogP contribution in [0.25, 0.3) is 0 Å². The highest BCUT2D eigenvalue weighted by Crippen LogP contribution is 2.32. The van der Waals surface area contributed by atoms with Crippen molar-refractivity contribution in [2.75, 3.05) is 7.11 Å². The molecule has 1 heterocycles. The molecule has 0 atom stereocenters. The summed E-state index contributed by atoms with van der Waals surface area (Å²) in [5, 5.41) is 7.21. The molecule has 30 heavy (non-hydrogen) atoms. The minimum absolute atomic E-state index is 0.0390. The Bertz CT molecular complexity index is 1110. The average molecular weight is 437 g/mol. The number of hydrogen-bond donors (Lipinski definition) is 2. The molecule has 0 radical (unpaired) electrons. The van der Waals surface area contributed by atoms with Crippen molar-refractivity contribution in [3.05, 3.63) is 75.4 Å². The second-order valence-electron chi connectivity index (χ2n) is 6.28. The van der Waals surface area contributed by atoms with E-state index in [1.165, 1.54) is 13.2 Å². The van der Waals surface area contributed by atoms with Gasteiger partial charge in [0.15, 0.2) is 5.82 Å². The Balaban J connectivity index is 1.96. The van der Waals surface area contributed by atoms with E-state index in [1.807, 2.05) is 6.07 Å². The van der Waals surface area contributed by atoms with Gasteiger partial charge in [-0.3, -0.25) is 9.89 Å². The number of nitrogens with one attached hydrogen (secondary N) is 1. The van der Waals surface area contributed by atoms with Crippen LogP contribution in [0.5, 0.6) is 5.75 Å². The maximum Gasteiger partial charge on any atom is 0.416 e. The lowest BCUT2D eigenvalue weighted by Gasteiger charge is -2.10. The standard InChI is InChI=1S/C20H16ClF3N4O2/c1-30-16-6-5-13(20(22,23)24)9-12(16)10-26-19-17(18(25)29)15(27-28-19)8-11-3-2-4-14(21)7-11/h2-7,9-10H,8H2,1H3,(H2,25,29)(H,27,28). The Kier molecular flexibility index (Phi) is 6.12. The van der Waals surface area contributed by atoms with Gasteiger partial charge in [-0.25, -0.2) is 4.99 Å². The molecule has 2 aromatic carbocycles. The first kappa shape index (κ1) is 21.4. The largest absolute Gasteiger partial charge is 0.496 e. The first-order valence-corrected chi connectivity index (χ1v) is 8.97. The zero-order valence-electron chi connectivity index (χ0n) is 15.6. The third-order valence-electron chi connectivity index (χ3n) is 4.22. The van der Waals surface area contributed by atoms with E-state index in [9.17, 15) is 18.0 Å². The molecule has 3 N–H and O–H groups in total. The van der Waals surface area contributed by atoms with Gasteiger partial charge in [-0.2, -0.15) is 18.3 Å². The number of carbonyl (C=O) groups is 1. The van der Waals surface area contributed by atoms with Gasteiger partial charge in [0, 0.05) is 23.2 Å². The number of rotatable bonds is 6. The van der Waals surface area contributed by atoms with Crippen molar-refractivity contribution in [3.63, 3.8) is 0 Å². The van der Waals surface area contributed by atoms with Crippen LogP contribution in [0, 0.1) is 0 Å². The lowest BCUT2D eigenvalue weighted by molar-refractivity contribution is -0.137. The van der Waals surface area contributed by atoms with Crippen LogP contribution < -0.4 is 10.5 Å². The van der Waals surface area contributed by atoms with E-state index in [0.717, 1.165) is 23.9 Å². The molecule has 1 aromatic heterocycles.